The highest BCUT2D eigenvalue weighted by molar-refractivity contribution is 5.69. The van der Waals surface area contributed by atoms with Gasteiger partial charge in [-0.2, -0.15) is 0 Å². The summed E-state index contributed by atoms with van der Waals surface area (Å²) in [5, 5.41) is 0. The molecule has 16 heavy (non-hydrogen) atoms. The standard InChI is InChI=1S/C11H20O2.C3H8/c1-4-10(12)13-9-6-5-7-11(2,3)8-9;1-3-2/h9H,4-8H2,1-3H3;3H2,1-2H3. The lowest BCUT2D eigenvalue weighted by atomic mass is 9.76. The van der Waals surface area contributed by atoms with Crippen LogP contribution in [0, 0.1) is 5.41 Å². The lowest BCUT2D eigenvalue weighted by Gasteiger charge is -2.34. The van der Waals surface area contributed by atoms with E-state index < -0.39 is 0 Å². The first-order valence-electron chi connectivity index (χ1n) is 6.64. The summed E-state index contributed by atoms with van der Waals surface area (Å²) in [5.41, 5.74) is 0.358. The van der Waals surface area contributed by atoms with E-state index in [1.54, 1.807) is 0 Å². The first-order valence-corrected chi connectivity index (χ1v) is 6.64. The lowest BCUT2D eigenvalue weighted by Crippen LogP contribution is -2.29. The van der Waals surface area contributed by atoms with E-state index in [9.17, 15) is 4.79 Å². The lowest BCUT2D eigenvalue weighted by molar-refractivity contribution is -0.151. The number of rotatable bonds is 2. The van der Waals surface area contributed by atoms with Gasteiger partial charge < -0.3 is 4.74 Å². The first-order chi connectivity index (χ1) is 7.45. The highest BCUT2D eigenvalue weighted by atomic mass is 16.5. The van der Waals surface area contributed by atoms with Crippen LogP contribution in [0.1, 0.15) is 73.1 Å². The van der Waals surface area contributed by atoms with E-state index in [4.69, 9.17) is 4.74 Å². The predicted octanol–water partition coefficient (Wildman–Crippen LogP) is 4.32. The molecule has 1 rings (SSSR count). The third-order valence-corrected chi connectivity index (χ3v) is 2.75. The Morgan fingerprint density at radius 2 is 1.88 bits per heavy atom. The Labute approximate surface area is 101 Å². The molecule has 0 N–H and O–H groups in total. The summed E-state index contributed by atoms with van der Waals surface area (Å²) in [4.78, 5) is 11.1. The van der Waals surface area contributed by atoms with Crippen LogP contribution in [0.4, 0.5) is 0 Å². The van der Waals surface area contributed by atoms with E-state index in [1.165, 1.54) is 19.3 Å². The van der Waals surface area contributed by atoms with Gasteiger partial charge in [-0.05, 0) is 31.1 Å². The van der Waals surface area contributed by atoms with Gasteiger partial charge in [-0.3, -0.25) is 4.79 Å². The molecule has 2 heteroatoms. The van der Waals surface area contributed by atoms with Crippen LogP contribution in [0.2, 0.25) is 0 Å². The van der Waals surface area contributed by atoms with Crippen molar-refractivity contribution in [2.24, 2.45) is 5.41 Å². The van der Waals surface area contributed by atoms with Gasteiger partial charge >= 0.3 is 5.97 Å². The summed E-state index contributed by atoms with van der Waals surface area (Å²) in [6.07, 6.45) is 6.45. The smallest absolute Gasteiger partial charge is 0.305 e. The van der Waals surface area contributed by atoms with Crippen LogP contribution in [0.5, 0.6) is 0 Å². The van der Waals surface area contributed by atoms with Gasteiger partial charge in [-0.1, -0.05) is 41.0 Å². The minimum absolute atomic E-state index is 0.0531. The van der Waals surface area contributed by atoms with Gasteiger partial charge in [-0.15, -0.1) is 0 Å². The second-order valence-electron chi connectivity index (χ2n) is 5.43. The van der Waals surface area contributed by atoms with Crippen molar-refractivity contribution in [3.63, 3.8) is 0 Å². The molecule has 0 aromatic heterocycles. The van der Waals surface area contributed by atoms with Crippen LogP contribution < -0.4 is 0 Å². The zero-order valence-electron chi connectivity index (χ0n) is 11.6. The Kier molecular flexibility index (Phi) is 7.44. The van der Waals surface area contributed by atoms with Crippen molar-refractivity contribution in [1.82, 2.24) is 0 Å². The van der Waals surface area contributed by atoms with E-state index in [1.807, 2.05) is 6.92 Å². The van der Waals surface area contributed by atoms with Crippen LogP contribution in [0.3, 0.4) is 0 Å². The van der Waals surface area contributed by atoms with Crippen molar-refractivity contribution in [3.05, 3.63) is 0 Å². The number of carbonyl (C=O) groups is 1. The molecule has 1 unspecified atom stereocenters. The van der Waals surface area contributed by atoms with Crippen molar-refractivity contribution in [2.45, 2.75) is 79.2 Å². The third kappa shape index (κ3) is 6.86. The summed E-state index contributed by atoms with van der Waals surface area (Å²) in [7, 11) is 0. The minimum Gasteiger partial charge on any atom is -0.462 e. The van der Waals surface area contributed by atoms with Crippen molar-refractivity contribution >= 4 is 5.97 Å². The molecule has 1 saturated carbocycles. The topological polar surface area (TPSA) is 26.3 Å². The number of hydrogen-bond acceptors (Lipinski definition) is 2. The second-order valence-corrected chi connectivity index (χ2v) is 5.43. The molecule has 1 aliphatic carbocycles. The molecule has 0 heterocycles. The van der Waals surface area contributed by atoms with E-state index in [0.29, 0.717) is 11.8 Å². The second kappa shape index (κ2) is 7.70. The van der Waals surface area contributed by atoms with Crippen molar-refractivity contribution in [1.29, 1.82) is 0 Å². The maximum Gasteiger partial charge on any atom is 0.305 e. The third-order valence-electron chi connectivity index (χ3n) is 2.75. The van der Waals surface area contributed by atoms with Crippen molar-refractivity contribution < 1.29 is 9.53 Å². The Balaban J connectivity index is 0.000000673. The van der Waals surface area contributed by atoms with Gasteiger partial charge in [0, 0.05) is 6.42 Å². The average molecular weight is 228 g/mol. The quantitative estimate of drug-likeness (QED) is 0.658. The van der Waals surface area contributed by atoms with Gasteiger partial charge in [0.15, 0.2) is 0 Å². The summed E-state index contributed by atoms with van der Waals surface area (Å²) < 4.78 is 5.34. The van der Waals surface area contributed by atoms with E-state index >= 15 is 0 Å². The Hall–Kier alpha value is -0.530. The fraction of sp³-hybridized carbons (Fsp3) is 0.929. The van der Waals surface area contributed by atoms with Crippen LogP contribution in [-0.2, 0) is 9.53 Å². The maximum atomic E-state index is 11.1. The molecule has 0 spiro atoms. The van der Waals surface area contributed by atoms with E-state index in [-0.39, 0.29) is 12.1 Å². The van der Waals surface area contributed by atoms with Crippen LogP contribution in [-0.4, -0.2) is 12.1 Å². The molecule has 0 aromatic rings. The van der Waals surface area contributed by atoms with E-state index in [2.05, 4.69) is 27.7 Å². The molecule has 96 valence electrons. The molecule has 0 amide bonds. The Morgan fingerprint density at radius 1 is 1.31 bits per heavy atom. The maximum absolute atomic E-state index is 11.1. The van der Waals surface area contributed by atoms with Crippen molar-refractivity contribution in [3.8, 4) is 0 Å². The summed E-state index contributed by atoms with van der Waals surface area (Å²) >= 11 is 0. The van der Waals surface area contributed by atoms with Crippen LogP contribution in [0.25, 0.3) is 0 Å². The molecule has 1 fully saturated rings. The van der Waals surface area contributed by atoms with E-state index in [0.717, 1.165) is 12.8 Å². The normalized spacial score (nSPS) is 22.9. The molecular weight excluding hydrogens is 200 g/mol. The number of esters is 1. The summed E-state index contributed by atoms with van der Waals surface area (Å²) in [6.45, 7) is 10.6. The molecule has 0 bridgehead atoms. The molecule has 0 saturated heterocycles. The highest BCUT2D eigenvalue weighted by Gasteiger charge is 2.29. The van der Waals surface area contributed by atoms with Crippen molar-refractivity contribution in [2.75, 3.05) is 0 Å². The Bertz CT molecular complexity index is 197. The molecule has 0 radical (unpaired) electrons. The largest absolute Gasteiger partial charge is 0.462 e. The SMILES string of the molecule is CCC.CCC(=O)OC1CCCC(C)(C)C1. The summed E-state index contributed by atoms with van der Waals surface area (Å²) in [6, 6.07) is 0. The number of ether oxygens (including phenoxy) is 1. The van der Waals surface area contributed by atoms with Crippen LogP contribution >= 0.6 is 0 Å². The first kappa shape index (κ1) is 15.5. The predicted molar refractivity (Wildman–Crippen MR) is 68.4 cm³/mol. The number of hydrogen-bond donors (Lipinski definition) is 0. The van der Waals surface area contributed by atoms with Crippen LogP contribution in [0.15, 0.2) is 0 Å². The molecule has 2 nitrogen and oxygen atoms in total. The van der Waals surface area contributed by atoms with Gasteiger partial charge in [0.2, 0.25) is 0 Å². The van der Waals surface area contributed by atoms with Gasteiger partial charge in [-0.25, -0.2) is 0 Å². The molecule has 1 atom stereocenters. The zero-order chi connectivity index (χ0) is 12.6. The van der Waals surface area contributed by atoms with Gasteiger partial charge in [0.05, 0.1) is 0 Å². The molecule has 1 aliphatic rings. The zero-order valence-corrected chi connectivity index (χ0v) is 11.6. The van der Waals surface area contributed by atoms with Gasteiger partial charge in [0.1, 0.15) is 6.10 Å². The Morgan fingerprint density at radius 3 is 2.31 bits per heavy atom. The molecular formula is C14H28O2. The summed E-state index contributed by atoms with van der Waals surface area (Å²) in [5.74, 6) is -0.0531. The number of carbonyl (C=O) groups excluding carboxylic acids is 1. The fourth-order valence-electron chi connectivity index (χ4n) is 2.00. The van der Waals surface area contributed by atoms with Gasteiger partial charge in [0.25, 0.3) is 0 Å². The molecule has 0 aliphatic heterocycles. The fourth-order valence-corrected chi connectivity index (χ4v) is 2.00. The monoisotopic (exact) mass is 228 g/mol. The molecule has 0 aromatic carbocycles. The minimum atomic E-state index is -0.0531. The highest BCUT2D eigenvalue weighted by Crippen LogP contribution is 2.36. The average Bonchev–Trinajstić information content (AvgIpc) is 2.17.